The molecule has 2 heteroatoms. The van der Waals surface area contributed by atoms with Gasteiger partial charge in [-0.2, -0.15) is 0 Å². The molecule has 1 saturated carbocycles. The molecule has 2 fully saturated rings. The summed E-state index contributed by atoms with van der Waals surface area (Å²) in [4.78, 5) is 0. The van der Waals surface area contributed by atoms with Crippen LogP contribution in [0, 0.1) is 11.3 Å². The second-order valence-electron chi connectivity index (χ2n) is 8.46. The summed E-state index contributed by atoms with van der Waals surface area (Å²) < 4.78 is 12.6. The van der Waals surface area contributed by atoms with Crippen molar-refractivity contribution in [3.63, 3.8) is 0 Å². The Bertz CT molecular complexity index is 326. The average molecular weight is 311 g/mol. The highest BCUT2D eigenvalue weighted by atomic mass is 16.7. The van der Waals surface area contributed by atoms with Gasteiger partial charge >= 0.3 is 0 Å². The van der Waals surface area contributed by atoms with Crippen LogP contribution in [-0.4, -0.2) is 18.5 Å². The van der Waals surface area contributed by atoms with E-state index in [0.29, 0.717) is 6.10 Å². The van der Waals surface area contributed by atoms with Crippen LogP contribution in [0.25, 0.3) is 0 Å². The van der Waals surface area contributed by atoms with E-state index in [9.17, 15) is 0 Å². The molecule has 2 aliphatic rings. The summed E-state index contributed by atoms with van der Waals surface area (Å²) in [6.45, 7) is 10.1. The molecule has 0 aromatic rings. The molecule has 0 amide bonds. The summed E-state index contributed by atoms with van der Waals surface area (Å²) in [5.74, 6) is 0.439. The number of hydrogen-bond acceptors (Lipinski definition) is 2. The highest BCUT2D eigenvalue weighted by Crippen LogP contribution is 2.54. The van der Waals surface area contributed by atoms with Crippen LogP contribution >= 0.6 is 0 Å². The second kappa shape index (κ2) is 8.15. The molecule has 0 bridgehead atoms. The van der Waals surface area contributed by atoms with Gasteiger partial charge in [0.1, 0.15) is 0 Å². The molecule has 1 saturated heterocycles. The van der Waals surface area contributed by atoms with Crippen molar-refractivity contribution in [1.82, 2.24) is 0 Å². The maximum absolute atomic E-state index is 6.43. The predicted molar refractivity (Wildman–Crippen MR) is 93.0 cm³/mol. The molecule has 0 radical (unpaired) electrons. The third-order valence-corrected chi connectivity index (χ3v) is 5.75. The Balaban J connectivity index is 1.59. The first-order valence-corrected chi connectivity index (χ1v) is 9.81. The van der Waals surface area contributed by atoms with Gasteiger partial charge in [-0.05, 0) is 18.8 Å². The SMILES string of the molecule is CCCCCCCCCCC1COC2(CC(C)CC2(C)C)O1. The van der Waals surface area contributed by atoms with E-state index in [4.69, 9.17) is 9.47 Å². The van der Waals surface area contributed by atoms with Crippen molar-refractivity contribution in [2.24, 2.45) is 11.3 Å². The largest absolute Gasteiger partial charge is 0.347 e. The first-order valence-electron chi connectivity index (χ1n) is 9.81. The quantitative estimate of drug-likeness (QED) is 0.480. The summed E-state index contributed by atoms with van der Waals surface area (Å²) in [5.41, 5.74) is 0.167. The van der Waals surface area contributed by atoms with E-state index in [-0.39, 0.29) is 11.2 Å². The van der Waals surface area contributed by atoms with Gasteiger partial charge in [0.2, 0.25) is 0 Å². The van der Waals surface area contributed by atoms with Crippen molar-refractivity contribution < 1.29 is 9.47 Å². The summed E-state index contributed by atoms with van der Waals surface area (Å²) >= 11 is 0. The minimum atomic E-state index is -0.281. The molecule has 0 N–H and O–H groups in total. The van der Waals surface area contributed by atoms with Gasteiger partial charge in [0.05, 0.1) is 12.7 Å². The molecule has 1 spiro atoms. The highest BCUT2D eigenvalue weighted by Gasteiger charge is 2.57. The molecule has 0 aromatic heterocycles. The Kier molecular flexibility index (Phi) is 6.76. The summed E-state index contributed by atoms with van der Waals surface area (Å²) in [7, 11) is 0. The van der Waals surface area contributed by atoms with Crippen LogP contribution < -0.4 is 0 Å². The lowest BCUT2D eigenvalue weighted by Crippen LogP contribution is -2.41. The molecule has 2 nitrogen and oxygen atoms in total. The number of hydrogen-bond donors (Lipinski definition) is 0. The fraction of sp³-hybridized carbons (Fsp3) is 1.00. The zero-order valence-corrected chi connectivity index (χ0v) is 15.5. The van der Waals surface area contributed by atoms with Crippen molar-refractivity contribution in [3.05, 3.63) is 0 Å². The molecule has 2 rings (SSSR count). The van der Waals surface area contributed by atoms with Gasteiger partial charge in [0, 0.05) is 11.8 Å². The minimum Gasteiger partial charge on any atom is -0.347 e. The second-order valence-corrected chi connectivity index (χ2v) is 8.46. The number of rotatable bonds is 9. The van der Waals surface area contributed by atoms with E-state index < -0.39 is 0 Å². The lowest BCUT2D eigenvalue weighted by atomic mass is 9.86. The smallest absolute Gasteiger partial charge is 0.174 e. The molecule has 3 unspecified atom stereocenters. The molecule has 3 atom stereocenters. The van der Waals surface area contributed by atoms with Crippen molar-refractivity contribution in [2.45, 2.75) is 110 Å². The van der Waals surface area contributed by atoms with E-state index in [0.717, 1.165) is 18.9 Å². The maximum Gasteiger partial charge on any atom is 0.174 e. The molecule has 1 heterocycles. The van der Waals surface area contributed by atoms with Crippen LogP contribution in [0.15, 0.2) is 0 Å². The molecule has 0 aromatic carbocycles. The molecular formula is C20H38O2. The fourth-order valence-corrected chi connectivity index (χ4v) is 4.51. The van der Waals surface area contributed by atoms with E-state index in [1.54, 1.807) is 0 Å². The molecule has 130 valence electrons. The Morgan fingerprint density at radius 1 is 0.909 bits per heavy atom. The van der Waals surface area contributed by atoms with Gasteiger partial charge in [-0.3, -0.25) is 0 Å². The van der Waals surface area contributed by atoms with Gasteiger partial charge in [0.15, 0.2) is 5.79 Å². The van der Waals surface area contributed by atoms with Crippen LogP contribution in [0.2, 0.25) is 0 Å². The van der Waals surface area contributed by atoms with Gasteiger partial charge in [-0.15, -0.1) is 0 Å². The number of ether oxygens (including phenoxy) is 2. The molecule has 1 aliphatic carbocycles. The normalized spacial score (nSPS) is 33.8. The number of unbranched alkanes of at least 4 members (excludes halogenated alkanes) is 7. The highest BCUT2D eigenvalue weighted by molar-refractivity contribution is 4.99. The van der Waals surface area contributed by atoms with E-state index in [1.165, 1.54) is 64.2 Å². The van der Waals surface area contributed by atoms with E-state index >= 15 is 0 Å². The van der Waals surface area contributed by atoms with Crippen molar-refractivity contribution in [3.8, 4) is 0 Å². The molecule has 22 heavy (non-hydrogen) atoms. The summed E-state index contributed by atoms with van der Waals surface area (Å²) in [6, 6.07) is 0. The molecular weight excluding hydrogens is 272 g/mol. The van der Waals surface area contributed by atoms with Crippen molar-refractivity contribution in [1.29, 1.82) is 0 Å². The van der Waals surface area contributed by atoms with Crippen LogP contribution in [0.5, 0.6) is 0 Å². The summed E-state index contributed by atoms with van der Waals surface area (Å²) in [6.07, 6.45) is 14.9. The topological polar surface area (TPSA) is 18.5 Å². The minimum absolute atomic E-state index is 0.167. The Morgan fingerprint density at radius 2 is 1.55 bits per heavy atom. The lowest BCUT2D eigenvalue weighted by molar-refractivity contribution is -0.221. The first-order chi connectivity index (χ1) is 10.5. The lowest BCUT2D eigenvalue weighted by Gasteiger charge is -2.36. The average Bonchev–Trinajstić information content (AvgIpc) is 2.95. The van der Waals surface area contributed by atoms with E-state index in [1.807, 2.05) is 0 Å². The Hall–Kier alpha value is -0.0800. The third kappa shape index (κ3) is 4.47. The van der Waals surface area contributed by atoms with Crippen LogP contribution in [-0.2, 0) is 9.47 Å². The third-order valence-electron chi connectivity index (χ3n) is 5.75. The fourth-order valence-electron chi connectivity index (χ4n) is 4.51. The first kappa shape index (κ1) is 18.3. The van der Waals surface area contributed by atoms with Crippen molar-refractivity contribution in [2.75, 3.05) is 6.61 Å². The predicted octanol–water partition coefficient (Wildman–Crippen LogP) is 6.09. The molecule has 1 aliphatic heterocycles. The Labute approximate surface area is 138 Å². The van der Waals surface area contributed by atoms with Crippen molar-refractivity contribution >= 4 is 0 Å². The van der Waals surface area contributed by atoms with Crippen LogP contribution in [0.3, 0.4) is 0 Å². The van der Waals surface area contributed by atoms with Gasteiger partial charge in [-0.25, -0.2) is 0 Å². The van der Waals surface area contributed by atoms with E-state index in [2.05, 4.69) is 27.7 Å². The van der Waals surface area contributed by atoms with Gasteiger partial charge in [-0.1, -0.05) is 79.1 Å². The standard InChI is InChI=1S/C20H38O2/c1-5-6-7-8-9-10-11-12-13-18-16-21-20(22-18)15-17(2)14-19(20,3)4/h17-18H,5-16H2,1-4H3. The van der Waals surface area contributed by atoms with Gasteiger partial charge < -0.3 is 9.47 Å². The monoisotopic (exact) mass is 310 g/mol. The van der Waals surface area contributed by atoms with Crippen LogP contribution in [0.1, 0.15) is 98.3 Å². The van der Waals surface area contributed by atoms with Crippen LogP contribution in [0.4, 0.5) is 0 Å². The summed E-state index contributed by atoms with van der Waals surface area (Å²) in [5, 5.41) is 0. The zero-order chi connectivity index (χ0) is 16.1. The Morgan fingerprint density at radius 3 is 2.14 bits per heavy atom. The zero-order valence-electron chi connectivity index (χ0n) is 15.5. The maximum atomic E-state index is 6.43. The van der Waals surface area contributed by atoms with Gasteiger partial charge in [0.25, 0.3) is 0 Å².